The molecule has 25 heavy (non-hydrogen) atoms. The molecule has 0 unspecified atom stereocenters. The molecule has 0 spiro atoms. The van der Waals surface area contributed by atoms with Crippen LogP contribution in [0.2, 0.25) is 0 Å². The molecule has 138 valence electrons. The lowest BCUT2D eigenvalue weighted by molar-refractivity contribution is -0.121. The highest BCUT2D eigenvalue weighted by Gasteiger charge is 2.16. The Labute approximate surface area is 149 Å². The van der Waals surface area contributed by atoms with E-state index in [9.17, 15) is 9.18 Å². The van der Waals surface area contributed by atoms with Crippen LogP contribution in [0, 0.1) is 5.82 Å². The highest BCUT2D eigenvalue weighted by molar-refractivity contribution is 5.80. The van der Waals surface area contributed by atoms with Crippen molar-refractivity contribution in [3.05, 3.63) is 35.6 Å². The molecule has 1 amide bonds. The average Bonchev–Trinajstić information content (AvgIpc) is 3.09. The Morgan fingerprint density at radius 2 is 2.00 bits per heavy atom. The predicted octanol–water partition coefficient (Wildman–Crippen LogP) is 2.37. The smallest absolute Gasteiger partial charge is 0.222 e. The van der Waals surface area contributed by atoms with Crippen LogP contribution in [0.5, 0.6) is 0 Å². The normalized spacial score (nSPS) is 15.2. The molecule has 3 N–H and O–H groups in total. The van der Waals surface area contributed by atoms with Crippen LogP contribution in [0.25, 0.3) is 0 Å². The summed E-state index contributed by atoms with van der Waals surface area (Å²) in [4.78, 5) is 16.3. The number of benzene rings is 1. The SMILES string of the molecule is CCNC(=NCCC(=O)NC1CCCC1)NCCc1ccccc1F. The lowest BCUT2D eigenvalue weighted by atomic mass is 10.1. The van der Waals surface area contributed by atoms with Gasteiger partial charge in [-0.15, -0.1) is 0 Å². The number of aliphatic imine (C=N–C) groups is 1. The molecular weight excluding hydrogens is 319 g/mol. The van der Waals surface area contributed by atoms with E-state index < -0.39 is 0 Å². The number of rotatable bonds is 8. The first-order valence-corrected chi connectivity index (χ1v) is 9.24. The minimum Gasteiger partial charge on any atom is -0.357 e. The van der Waals surface area contributed by atoms with Crippen molar-refractivity contribution < 1.29 is 9.18 Å². The number of nitrogens with one attached hydrogen (secondary N) is 3. The predicted molar refractivity (Wildman–Crippen MR) is 99.1 cm³/mol. The van der Waals surface area contributed by atoms with Gasteiger partial charge < -0.3 is 16.0 Å². The van der Waals surface area contributed by atoms with Crippen LogP contribution in [0.4, 0.5) is 4.39 Å². The zero-order chi connectivity index (χ0) is 17.9. The third-order valence-corrected chi connectivity index (χ3v) is 4.32. The minimum absolute atomic E-state index is 0.0675. The summed E-state index contributed by atoms with van der Waals surface area (Å²) in [6.45, 7) is 3.75. The molecule has 0 aliphatic heterocycles. The zero-order valence-corrected chi connectivity index (χ0v) is 15.0. The van der Waals surface area contributed by atoms with E-state index in [-0.39, 0.29) is 11.7 Å². The van der Waals surface area contributed by atoms with Crippen LogP contribution in [0.1, 0.15) is 44.6 Å². The van der Waals surface area contributed by atoms with Gasteiger partial charge in [0.15, 0.2) is 5.96 Å². The average molecular weight is 348 g/mol. The van der Waals surface area contributed by atoms with E-state index in [1.807, 2.05) is 13.0 Å². The van der Waals surface area contributed by atoms with Gasteiger partial charge in [0.25, 0.3) is 0 Å². The van der Waals surface area contributed by atoms with E-state index in [0.717, 1.165) is 19.4 Å². The Hall–Kier alpha value is -2.11. The first-order valence-electron chi connectivity index (χ1n) is 9.24. The molecule has 1 aliphatic rings. The van der Waals surface area contributed by atoms with Crippen molar-refractivity contribution in [2.45, 2.75) is 51.5 Å². The van der Waals surface area contributed by atoms with E-state index in [1.165, 1.54) is 18.9 Å². The fourth-order valence-corrected chi connectivity index (χ4v) is 3.00. The van der Waals surface area contributed by atoms with Crippen molar-refractivity contribution in [1.82, 2.24) is 16.0 Å². The van der Waals surface area contributed by atoms with Crippen molar-refractivity contribution in [2.24, 2.45) is 4.99 Å². The number of nitrogens with zero attached hydrogens (tertiary/aromatic N) is 1. The summed E-state index contributed by atoms with van der Waals surface area (Å²) in [5, 5.41) is 9.39. The molecule has 1 fully saturated rings. The summed E-state index contributed by atoms with van der Waals surface area (Å²) in [6.07, 6.45) is 5.57. The molecule has 0 atom stereocenters. The van der Waals surface area contributed by atoms with E-state index >= 15 is 0 Å². The molecular formula is C19H29FN4O. The summed E-state index contributed by atoms with van der Waals surface area (Å²) >= 11 is 0. The Morgan fingerprint density at radius 1 is 1.24 bits per heavy atom. The van der Waals surface area contributed by atoms with E-state index in [2.05, 4.69) is 20.9 Å². The van der Waals surface area contributed by atoms with Crippen molar-refractivity contribution in [1.29, 1.82) is 0 Å². The molecule has 0 aromatic heterocycles. The second kappa shape index (κ2) is 10.7. The van der Waals surface area contributed by atoms with Crippen LogP contribution in [-0.4, -0.2) is 37.5 Å². The second-order valence-corrected chi connectivity index (χ2v) is 6.33. The van der Waals surface area contributed by atoms with Gasteiger partial charge in [0.1, 0.15) is 5.82 Å². The van der Waals surface area contributed by atoms with Crippen LogP contribution < -0.4 is 16.0 Å². The van der Waals surface area contributed by atoms with Crippen molar-refractivity contribution >= 4 is 11.9 Å². The highest BCUT2D eigenvalue weighted by Crippen LogP contribution is 2.17. The maximum absolute atomic E-state index is 13.6. The van der Waals surface area contributed by atoms with E-state index in [1.54, 1.807) is 12.1 Å². The summed E-state index contributed by atoms with van der Waals surface area (Å²) < 4.78 is 13.6. The van der Waals surface area contributed by atoms with Crippen LogP contribution in [0.15, 0.2) is 29.3 Å². The quantitative estimate of drug-likeness (QED) is 0.499. The second-order valence-electron chi connectivity index (χ2n) is 6.33. The number of guanidine groups is 1. The molecule has 0 bridgehead atoms. The van der Waals surface area contributed by atoms with Gasteiger partial charge in [0.2, 0.25) is 5.91 Å². The topological polar surface area (TPSA) is 65.5 Å². The number of amides is 1. The molecule has 5 nitrogen and oxygen atoms in total. The Kier molecular flexibility index (Phi) is 8.22. The van der Waals surface area contributed by atoms with E-state index in [4.69, 9.17) is 0 Å². The Morgan fingerprint density at radius 3 is 2.72 bits per heavy atom. The Balaban J connectivity index is 1.71. The van der Waals surface area contributed by atoms with Crippen molar-refractivity contribution in [3.8, 4) is 0 Å². The van der Waals surface area contributed by atoms with Gasteiger partial charge in [-0.25, -0.2) is 4.39 Å². The number of hydrogen-bond acceptors (Lipinski definition) is 2. The molecule has 2 rings (SSSR count). The molecule has 0 heterocycles. The maximum atomic E-state index is 13.6. The van der Waals surface area contributed by atoms with Crippen molar-refractivity contribution in [3.63, 3.8) is 0 Å². The fraction of sp³-hybridized carbons (Fsp3) is 0.579. The van der Waals surface area contributed by atoms with Crippen molar-refractivity contribution in [2.75, 3.05) is 19.6 Å². The van der Waals surface area contributed by atoms with Crippen LogP contribution in [0.3, 0.4) is 0 Å². The molecule has 1 saturated carbocycles. The Bertz CT molecular complexity index is 570. The van der Waals surface area contributed by atoms with E-state index in [0.29, 0.717) is 43.5 Å². The van der Waals surface area contributed by atoms with Gasteiger partial charge in [-0.3, -0.25) is 9.79 Å². The summed E-state index contributed by atoms with van der Waals surface area (Å²) in [7, 11) is 0. The zero-order valence-electron chi connectivity index (χ0n) is 15.0. The number of hydrogen-bond donors (Lipinski definition) is 3. The van der Waals surface area contributed by atoms with Gasteiger partial charge in [0.05, 0.1) is 6.54 Å². The first kappa shape index (κ1) is 19.2. The lowest BCUT2D eigenvalue weighted by Crippen LogP contribution is -2.39. The number of carbonyl (C=O) groups excluding carboxylic acids is 1. The van der Waals surface area contributed by atoms with Gasteiger partial charge >= 0.3 is 0 Å². The summed E-state index contributed by atoms with van der Waals surface area (Å²) in [5.41, 5.74) is 0.682. The third kappa shape index (κ3) is 7.11. The van der Waals surface area contributed by atoms with Gasteiger partial charge in [-0.05, 0) is 37.8 Å². The minimum atomic E-state index is -0.185. The molecule has 1 aromatic rings. The maximum Gasteiger partial charge on any atom is 0.222 e. The summed E-state index contributed by atoms with van der Waals surface area (Å²) in [6, 6.07) is 7.13. The highest BCUT2D eigenvalue weighted by atomic mass is 19.1. The first-order chi connectivity index (χ1) is 12.2. The molecule has 0 radical (unpaired) electrons. The molecule has 0 saturated heterocycles. The lowest BCUT2D eigenvalue weighted by Gasteiger charge is -2.13. The van der Waals surface area contributed by atoms with Crippen LogP contribution >= 0.6 is 0 Å². The molecule has 1 aromatic carbocycles. The third-order valence-electron chi connectivity index (χ3n) is 4.32. The van der Waals surface area contributed by atoms with Crippen LogP contribution in [-0.2, 0) is 11.2 Å². The largest absolute Gasteiger partial charge is 0.357 e. The standard InChI is InChI=1S/C19H29FN4O/c1-2-21-19(22-13-11-15-7-3-6-10-17(15)20)23-14-12-18(25)24-16-8-4-5-9-16/h3,6-7,10,16H,2,4-5,8-9,11-14H2,1H3,(H,24,25)(H2,21,22,23). The summed E-state index contributed by atoms with van der Waals surface area (Å²) in [5.74, 6) is 0.542. The molecule has 1 aliphatic carbocycles. The number of halogens is 1. The fourth-order valence-electron chi connectivity index (χ4n) is 3.00. The number of carbonyl (C=O) groups is 1. The van der Waals surface area contributed by atoms with Gasteiger partial charge in [-0.1, -0.05) is 31.0 Å². The van der Waals surface area contributed by atoms with Gasteiger partial charge in [-0.2, -0.15) is 0 Å². The van der Waals surface area contributed by atoms with Gasteiger partial charge in [0, 0.05) is 25.6 Å². The monoisotopic (exact) mass is 348 g/mol. The molecule has 6 heteroatoms.